The predicted molar refractivity (Wildman–Crippen MR) is 107 cm³/mol. The van der Waals surface area contributed by atoms with Crippen LogP contribution in [0.15, 0.2) is 58.1 Å². The van der Waals surface area contributed by atoms with E-state index in [9.17, 15) is 23.2 Å². The minimum absolute atomic E-state index is 0.0662. The highest BCUT2D eigenvalue weighted by Crippen LogP contribution is 2.10. The topological polar surface area (TPSA) is 86.0 Å². The van der Waals surface area contributed by atoms with Crippen LogP contribution >= 0.6 is 0 Å². The molecule has 0 spiro atoms. The molecule has 0 aliphatic rings. The summed E-state index contributed by atoms with van der Waals surface area (Å²) < 4.78 is 29.7. The van der Waals surface area contributed by atoms with Crippen molar-refractivity contribution in [3.63, 3.8) is 0 Å². The fourth-order valence-electron chi connectivity index (χ4n) is 2.75. The number of hydrogen-bond donors (Lipinski definition) is 1. The molecule has 1 amide bonds. The second-order valence-electron chi connectivity index (χ2n) is 7.08. The lowest BCUT2D eigenvalue weighted by atomic mass is 10.2. The number of para-hydroxylation sites is 1. The molecule has 30 heavy (non-hydrogen) atoms. The van der Waals surface area contributed by atoms with E-state index in [-0.39, 0.29) is 23.7 Å². The maximum Gasteiger partial charge on any atom is 0.352 e. The van der Waals surface area contributed by atoms with E-state index in [1.807, 2.05) is 13.8 Å². The van der Waals surface area contributed by atoms with Gasteiger partial charge in [-0.3, -0.25) is 14.2 Å². The van der Waals surface area contributed by atoms with Gasteiger partial charge in [0, 0.05) is 12.1 Å². The van der Waals surface area contributed by atoms with Crippen molar-refractivity contribution in [1.29, 1.82) is 0 Å². The van der Waals surface area contributed by atoms with Gasteiger partial charge in [0.15, 0.2) is 0 Å². The predicted octanol–water partition coefficient (Wildman–Crippen LogP) is 2.11. The Kier molecular flexibility index (Phi) is 6.20. The summed E-state index contributed by atoms with van der Waals surface area (Å²) in [5, 5.41) is 6.39. The third-order valence-electron chi connectivity index (χ3n) is 4.31. The maximum absolute atomic E-state index is 14.3. The number of aromatic nitrogens is 3. The molecule has 2 aromatic carbocycles. The first-order chi connectivity index (χ1) is 14.3. The zero-order valence-electron chi connectivity index (χ0n) is 16.4. The van der Waals surface area contributed by atoms with Crippen molar-refractivity contribution < 1.29 is 13.6 Å². The quantitative estimate of drug-likeness (QED) is 0.670. The van der Waals surface area contributed by atoms with Crippen LogP contribution in [-0.4, -0.2) is 26.8 Å². The molecule has 0 unspecified atom stereocenters. The monoisotopic (exact) mass is 414 g/mol. The van der Waals surface area contributed by atoms with Gasteiger partial charge in [-0.2, -0.15) is 9.78 Å². The van der Waals surface area contributed by atoms with Gasteiger partial charge in [-0.25, -0.2) is 13.6 Å². The Morgan fingerprint density at radius 3 is 2.30 bits per heavy atom. The Labute approximate surface area is 170 Å². The Morgan fingerprint density at radius 1 is 1.03 bits per heavy atom. The highest BCUT2D eigenvalue weighted by Gasteiger charge is 2.22. The number of carbonyl (C=O) groups excluding carboxylic acids is 1. The molecule has 0 saturated carbocycles. The van der Waals surface area contributed by atoms with Crippen LogP contribution in [-0.2, 0) is 6.54 Å². The van der Waals surface area contributed by atoms with Crippen LogP contribution in [0.3, 0.4) is 0 Å². The van der Waals surface area contributed by atoms with Crippen molar-refractivity contribution in [3.8, 4) is 5.69 Å². The molecule has 1 aromatic heterocycles. The molecule has 0 bridgehead atoms. The maximum atomic E-state index is 14.3. The zero-order chi connectivity index (χ0) is 21.8. The number of halogens is 2. The van der Waals surface area contributed by atoms with E-state index in [0.717, 1.165) is 6.07 Å². The molecule has 0 aliphatic heterocycles. The number of hydrogen-bond acceptors (Lipinski definition) is 4. The van der Waals surface area contributed by atoms with Crippen LogP contribution in [0, 0.1) is 17.6 Å². The van der Waals surface area contributed by atoms with Gasteiger partial charge in [0.1, 0.15) is 17.3 Å². The second kappa shape index (κ2) is 8.81. The third kappa shape index (κ3) is 4.35. The van der Waals surface area contributed by atoms with E-state index in [0.29, 0.717) is 9.25 Å². The molecule has 9 heteroatoms. The average molecular weight is 414 g/mol. The summed E-state index contributed by atoms with van der Waals surface area (Å²) in [7, 11) is 0. The summed E-state index contributed by atoms with van der Waals surface area (Å²) in [5.41, 5.74) is -2.74. The van der Waals surface area contributed by atoms with Crippen LogP contribution in [0.4, 0.5) is 8.78 Å². The summed E-state index contributed by atoms with van der Waals surface area (Å²) in [6, 6.07) is 10.9. The van der Waals surface area contributed by atoms with E-state index in [4.69, 9.17) is 0 Å². The number of amides is 1. The average Bonchev–Trinajstić information content (AvgIpc) is 2.71. The summed E-state index contributed by atoms with van der Waals surface area (Å²) in [4.78, 5) is 38.4. The molecule has 0 aliphatic carbocycles. The van der Waals surface area contributed by atoms with Gasteiger partial charge in [0.25, 0.3) is 11.5 Å². The fraction of sp³-hybridized carbons (Fsp3) is 0.238. The summed E-state index contributed by atoms with van der Waals surface area (Å²) in [6.45, 7) is 3.56. The van der Waals surface area contributed by atoms with E-state index in [1.165, 1.54) is 36.4 Å². The Balaban J connectivity index is 2.21. The number of rotatable bonds is 6. The lowest BCUT2D eigenvalue weighted by Crippen LogP contribution is -2.46. The number of benzene rings is 2. The van der Waals surface area contributed by atoms with Gasteiger partial charge < -0.3 is 5.32 Å². The fourth-order valence-corrected chi connectivity index (χ4v) is 2.75. The van der Waals surface area contributed by atoms with Gasteiger partial charge in [-0.1, -0.05) is 44.2 Å². The Hall–Kier alpha value is -3.62. The highest BCUT2D eigenvalue weighted by atomic mass is 19.1. The third-order valence-corrected chi connectivity index (χ3v) is 4.31. The molecule has 7 nitrogen and oxygen atoms in total. The van der Waals surface area contributed by atoms with Gasteiger partial charge in [-0.05, 0) is 24.1 Å². The van der Waals surface area contributed by atoms with E-state index < -0.39 is 41.0 Å². The van der Waals surface area contributed by atoms with Gasteiger partial charge in [0.05, 0.1) is 6.54 Å². The Morgan fingerprint density at radius 2 is 1.67 bits per heavy atom. The van der Waals surface area contributed by atoms with Crippen LogP contribution in [0.2, 0.25) is 0 Å². The molecule has 0 saturated heterocycles. The largest absolute Gasteiger partial charge is 0.352 e. The van der Waals surface area contributed by atoms with Crippen molar-refractivity contribution in [2.24, 2.45) is 5.92 Å². The first-order valence-electron chi connectivity index (χ1n) is 9.30. The lowest BCUT2D eigenvalue weighted by Gasteiger charge is -2.13. The van der Waals surface area contributed by atoms with Gasteiger partial charge in [0.2, 0.25) is 5.69 Å². The van der Waals surface area contributed by atoms with Crippen molar-refractivity contribution in [1.82, 2.24) is 19.7 Å². The normalized spacial score (nSPS) is 11.0. The number of nitrogens with one attached hydrogen (secondary N) is 1. The first-order valence-corrected chi connectivity index (χ1v) is 9.30. The van der Waals surface area contributed by atoms with Crippen LogP contribution in [0.25, 0.3) is 5.69 Å². The molecule has 3 aromatic rings. The Bertz CT molecular complexity index is 1200. The van der Waals surface area contributed by atoms with Crippen molar-refractivity contribution in [2.75, 3.05) is 6.54 Å². The van der Waals surface area contributed by atoms with Crippen molar-refractivity contribution in [3.05, 3.63) is 92.3 Å². The molecular weight excluding hydrogens is 394 g/mol. The molecule has 156 valence electrons. The molecular formula is C21H20F2N4O3. The molecule has 0 fully saturated rings. The first kappa shape index (κ1) is 21.1. The van der Waals surface area contributed by atoms with Gasteiger partial charge in [-0.15, -0.1) is 0 Å². The molecule has 3 rings (SSSR count). The smallest absolute Gasteiger partial charge is 0.350 e. The SMILES string of the molecule is CC(C)CNC(=O)c1nn(-c2ccccc2F)c(=O)n(Cc2ccccc2F)c1=O. The number of carbonyl (C=O) groups is 1. The summed E-state index contributed by atoms with van der Waals surface area (Å²) in [6.07, 6.45) is 0. The van der Waals surface area contributed by atoms with E-state index >= 15 is 0 Å². The summed E-state index contributed by atoms with van der Waals surface area (Å²) in [5.74, 6) is -2.09. The minimum atomic E-state index is -0.992. The van der Waals surface area contributed by atoms with Crippen LogP contribution < -0.4 is 16.6 Å². The molecule has 0 atom stereocenters. The second-order valence-corrected chi connectivity index (χ2v) is 7.08. The lowest BCUT2D eigenvalue weighted by molar-refractivity contribution is 0.0939. The van der Waals surface area contributed by atoms with E-state index in [2.05, 4.69) is 10.4 Å². The van der Waals surface area contributed by atoms with Gasteiger partial charge >= 0.3 is 5.69 Å². The van der Waals surface area contributed by atoms with Crippen LogP contribution in [0.1, 0.15) is 29.9 Å². The minimum Gasteiger partial charge on any atom is -0.350 e. The number of nitrogens with zero attached hydrogens (tertiary/aromatic N) is 3. The molecule has 0 radical (unpaired) electrons. The standard InChI is InChI=1S/C21H20F2N4O3/c1-13(2)11-24-19(28)18-20(29)26(12-14-7-3-4-8-15(14)22)21(30)27(25-18)17-10-6-5-9-16(17)23/h3-10,13H,11-12H2,1-2H3,(H,24,28). The molecule has 1 N–H and O–H groups in total. The van der Waals surface area contributed by atoms with E-state index in [1.54, 1.807) is 6.07 Å². The van der Waals surface area contributed by atoms with Crippen molar-refractivity contribution >= 4 is 5.91 Å². The van der Waals surface area contributed by atoms with Crippen molar-refractivity contribution in [2.45, 2.75) is 20.4 Å². The summed E-state index contributed by atoms with van der Waals surface area (Å²) >= 11 is 0. The van der Waals surface area contributed by atoms with Crippen LogP contribution in [0.5, 0.6) is 0 Å². The molecule has 1 heterocycles. The zero-order valence-corrected chi connectivity index (χ0v) is 16.4. The highest BCUT2D eigenvalue weighted by molar-refractivity contribution is 5.91.